The lowest BCUT2D eigenvalue weighted by atomic mass is 10.3. The van der Waals surface area contributed by atoms with E-state index in [1.165, 1.54) is 18.3 Å². The van der Waals surface area contributed by atoms with Crippen LogP contribution in [-0.2, 0) is 10.0 Å². The lowest BCUT2D eigenvalue weighted by Crippen LogP contribution is -2.30. The van der Waals surface area contributed by atoms with Gasteiger partial charge in [-0.3, -0.25) is 0 Å². The summed E-state index contributed by atoms with van der Waals surface area (Å²) in [6, 6.07) is 7.96. The average Bonchev–Trinajstić information content (AvgIpc) is 3.06. The number of nitrogens with one attached hydrogen (secondary N) is 2. The number of aromatic nitrogens is 2. The summed E-state index contributed by atoms with van der Waals surface area (Å²) in [5.41, 5.74) is 0.790. The van der Waals surface area contributed by atoms with Crippen molar-refractivity contribution in [2.75, 3.05) is 5.32 Å². The first-order valence-electron chi connectivity index (χ1n) is 9.28. The molecule has 1 aliphatic carbocycles. The van der Waals surface area contributed by atoms with E-state index < -0.39 is 16.1 Å². The third-order valence-electron chi connectivity index (χ3n) is 4.32. The highest BCUT2D eigenvalue weighted by Gasteiger charge is 2.26. The number of hydrogen-bond acceptors (Lipinski definition) is 8. The molecule has 2 atom stereocenters. The number of aliphatic hydroxyl groups excluding tert-OH is 1. The van der Waals surface area contributed by atoms with Crippen molar-refractivity contribution in [2.45, 2.75) is 56.3 Å². The van der Waals surface area contributed by atoms with Gasteiger partial charge in [-0.1, -0.05) is 0 Å². The molecule has 1 aromatic heterocycles. The topological polar surface area (TPSA) is 137 Å². The van der Waals surface area contributed by atoms with Gasteiger partial charge in [-0.2, -0.15) is 10.2 Å². The van der Waals surface area contributed by atoms with Gasteiger partial charge >= 0.3 is 0 Å². The number of benzene rings is 1. The summed E-state index contributed by atoms with van der Waals surface area (Å²) in [7, 11) is -3.57. The van der Waals surface area contributed by atoms with Gasteiger partial charge in [0.05, 0.1) is 17.2 Å². The first-order valence-corrected chi connectivity index (χ1v) is 10.8. The van der Waals surface area contributed by atoms with Gasteiger partial charge in [0, 0.05) is 18.2 Å². The Morgan fingerprint density at radius 1 is 1.28 bits per heavy atom. The first kappa shape index (κ1) is 21.0. The molecule has 9 nitrogen and oxygen atoms in total. The monoisotopic (exact) mass is 417 g/mol. The number of aliphatic hydroxyl groups is 1. The van der Waals surface area contributed by atoms with Crippen LogP contribution in [0.2, 0.25) is 0 Å². The van der Waals surface area contributed by atoms with E-state index in [1.807, 2.05) is 6.07 Å². The van der Waals surface area contributed by atoms with Gasteiger partial charge in [0.15, 0.2) is 0 Å². The Morgan fingerprint density at radius 2 is 2.00 bits per heavy atom. The van der Waals surface area contributed by atoms with Gasteiger partial charge in [0.1, 0.15) is 17.7 Å². The SMILES string of the molecule is CC(C)NS(=O)(=O)c1ccc(Nc2ncc(C#N)c(O[C@H]3CC[C@H](O)C3)n2)cc1. The Labute approximate surface area is 169 Å². The number of rotatable bonds is 7. The van der Waals surface area contributed by atoms with Crippen LogP contribution in [0.4, 0.5) is 11.6 Å². The van der Waals surface area contributed by atoms with Crippen molar-refractivity contribution in [3.63, 3.8) is 0 Å². The molecule has 0 amide bonds. The molecule has 0 aliphatic heterocycles. The Morgan fingerprint density at radius 3 is 2.59 bits per heavy atom. The number of anilines is 2. The highest BCUT2D eigenvalue weighted by molar-refractivity contribution is 7.89. The van der Waals surface area contributed by atoms with E-state index in [4.69, 9.17) is 4.74 Å². The predicted octanol–water partition coefficient (Wildman–Crippen LogP) is 2.07. The molecule has 10 heteroatoms. The van der Waals surface area contributed by atoms with Crippen LogP contribution < -0.4 is 14.8 Å². The molecule has 0 radical (unpaired) electrons. The average molecular weight is 417 g/mol. The maximum absolute atomic E-state index is 12.2. The third-order valence-corrected chi connectivity index (χ3v) is 6.00. The Hall–Kier alpha value is -2.74. The maximum Gasteiger partial charge on any atom is 0.240 e. The third kappa shape index (κ3) is 5.41. The van der Waals surface area contributed by atoms with Crippen molar-refractivity contribution in [1.29, 1.82) is 5.26 Å². The fourth-order valence-corrected chi connectivity index (χ4v) is 4.25. The lowest BCUT2D eigenvalue weighted by Gasteiger charge is -2.14. The van der Waals surface area contributed by atoms with Gasteiger partial charge in [0.2, 0.25) is 21.9 Å². The van der Waals surface area contributed by atoms with Crippen LogP contribution >= 0.6 is 0 Å². The van der Waals surface area contributed by atoms with Crippen molar-refractivity contribution in [2.24, 2.45) is 0 Å². The van der Waals surface area contributed by atoms with Crippen LogP contribution in [0.1, 0.15) is 38.7 Å². The summed E-state index contributed by atoms with van der Waals surface area (Å²) in [6.45, 7) is 3.50. The van der Waals surface area contributed by atoms with E-state index in [1.54, 1.807) is 26.0 Å². The van der Waals surface area contributed by atoms with E-state index in [0.717, 1.165) is 0 Å². The largest absolute Gasteiger partial charge is 0.473 e. The van der Waals surface area contributed by atoms with E-state index in [-0.39, 0.29) is 34.4 Å². The predicted molar refractivity (Wildman–Crippen MR) is 106 cm³/mol. The van der Waals surface area contributed by atoms with E-state index in [9.17, 15) is 18.8 Å². The number of nitrogens with zero attached hydrogens (tertiary/aromatic N) is 3. The van der Waals surface area contributed by atoms with Crippen LogP contribution in [-0.4, -0.2) is 41.7 Å². The van der Waals surface area contributed by atoms with Gasteiger partial charge in [-0.05, 0) is 51.0 Å². The van der Waals surface area contributed by atoms with Crippen molar-refractivity contribution in [3.8, 4) is 11.9 Å². The molecule has 0 spiro atoms. The molecule has 1 fully saturated rings. The molecular formula is C19H23N5O4S. The summed E-state index contributed by atoms with van der Waals surface area (Å²) in [6.07, 6.45) is 2.62. The number of nitriles is 1. The Bertz CT molecular complexity index is 1000. The normalized spacial score (nSPS) is 19.1. The van der Waals surface area contributed by atoms with E-state index in [2.05, 4.69) is 20.0 Å². The highest BCUT2D eigenvalue weighted by Crippen LogP contribution is 2.26. The second kappa shape index (κ2) is 8.73. The fraction of sp³-hybridized carbons (Fsp3) is 0.421. The molecule has 1 aliphatic rings. The van der Waals surface area contributed by atoms with Crippen LogP contribution in [0.15, 0.2) is 35.4 Å². The van der Waals surface area contributed by atoms with Crippen LogP contribution in [0, 0.1) is 11.3 Å². The van der Waals surface area contributed by atoms with Gasteiger partial charge in [-0.15, -0.1) is 0 Å². The summed E-state index contributed by atoms with van der Waals surface area (Å²) < 4.78 is 32.7. The van der Waals surface area contributed by atoms with Crippen molar-refractivity contribution in [3.05, 3.63) is 36.0 Å². The molecule has 154 valence electrons. The summed E-state index contributed by atoms with van der Waals surface area (Å²) in [4.78, 5) is 8.51. The standard InChI is InChI=1S/C19H23N5O4S/c1-12(2)24-29(26,27)17-7-3-14(4-8-17)22-19-21-11-13(10-20)18(23-19)28-16-6-5-15(25)9-16/h3-4,7-8,11-12,15-16,24-25H,5-6,9H2,1-2H3,(H,21,22,23)/t15-,16-/m0/s1. The number of hydrogen-bond donors (Lipinski definition) is 3. The zero-order valence-electron chi connectivity index (χ0n) is 16.2. The van der Waals surface area contributed by atoms with Crippen molar-refractivity contribution in [1.82, 2.24) is 14.7 Å². The number of sulfonamides is 1. The molecule has 1 heterocycles. The van der Waals surface area contributed by atoms with Crippen LogP contribution in [0.25, 0.3) is 0 Å². The Kier molecular flexibility index (Phi) is 6.32. The van der Waals surface area contributed by atoms with Gasteiger partial charge in [-0.25, -0.2) is 18.1 Å². The molecular weight excluding hydrogens is 394 g/mol. The summed E-state index contributed by atoms with van der Waals surface area (Å²) in [5.74, 6) is 0.373. The minimum atomic E-state index is -3.57. The quantitative estimate of drug-likeness (QED) is 0.622. The minimum Gasteiger partial charge on any atom is -0.473 e. The molecule has 0 unspecified atom stereocenters. The van der Waals surface area contributed by atoms with Crippen LogP contribution in [0.3, 0.4) is 0 Å². The molecule has 0 saturated heterocycles. The van der Waals surface area contributed by atoms with Gasteiger partial charge < -0.3 is 15.2 Å². The smallest absolute Gasteiger partial charge is 0.240 e. The van der Waals surface area contributed by atoms with E-state index in [0.29, 0.717) is 24.9 Å². The van der Waals surface area contributed by atoms with Crippen molar-refractivity contribution < 1.29 is 18.3 Å². The zero-order chi connectivity index (χ0) is 21.0. The molecule has 0 bridgehead atoms. The first-order chi connectivity index (χ1) is 13.8. The maximum atomic E-state index is 12.2. The van der Waals surface area contributed by atoms with Crippen LogP contribution in [0.5, 0.6) is 5.88 Å². The summed E-state index contributed by atoms with van der Waals surface area (Å²) in [5, 5.41) is 21.9. The molecule has 3 rings (SSSR count). The molecule has 29 heavy (non-hydrogen) atoms. The van der Waals surface area contributed by atoms with Gasteiger partial charge in [0.25, 0.3) is 0 Å². The zero-order valence-corrected chi connectivity index (χ0v) is 17.0. The minimum absolute atomic E-state index is 0.154. The summed E-state index contributed by atoms with van der Waals surface area (Å²) >= 11 is 0. The van der Waals surface area contributed by atoms with Crippen molar-refractivity contribution >= 4 is 21.7 Å². The highest BCUT2D eigenvalue weighted by atomic mass is 32.2. The second-order valence-electron chi connectivity index (χ2n) is 7.16. The second-order valence-corrected chi connectivity index (χ2v) is 8.87. The Balaban J connectivity index is 1.74. The van der Waals surface area contributed by atoms with E-state index >= 15 is 0 Å². The molecule has 2 aromatic rings. The lowest BCUT2D eigenvalue weighted by molar-refractivity contribution is 0.146. The number of ether oxygens (including phenoxy) is 1. The fourth-order valence-electron chi connectivity index (χ4n) is 3.00. The molecule has 1 aromatic carbocycles. The molecule has 1 saturated carbocycles. The molecule has 3 N–H and O–H groups in total.